The van der Waals surface area contributed by atoms with Crippen molar-refractivity contribution in [1.29, 1.82) is 0 Å². The van der Waals surface area contributed by atoms with Gasteiger partial charge in [0.1, 0.15) is 0 Å². The van der Waals surface area contributed by atoms with Crippen molar-refractivity contribution >= 4 is 17.9 Å². The van der Waals surface area contributed by atoms with Crippen molar-refractivity contribution in [3.63, 3.8) is 0 Å². The molecule has 0 unspecified atom stereocenters. The lowest BCUT2D eigenvalue weighted by molar-refractivity contribution is -0.129. The monoisotopic (exact) mass is 281 g/mol. The van der Waals surface area contributed by atoms with Gasteiger partial charge < -0.3 is 14.9 Å². The topological polar surface area (TPSA) is 79.1 Å². The van der Waals surface area contributed by atoms with Gasteiger partial charge in [0.15, 0.2) is 17.2 Å². The van der Waals surface area contributed by atoms with Crippen LogP contribution >= 0.6 is 0 Å². The number of carbonyl (C=O) groups is 1. The Bertz CT molecular complexity index is 763. The minimum absolute atomic E-state index is 0.138. The largest absolute Gasteiger partial charge is 0.504 e. The van der Waals surface area contributed by atoms with E-state index in [1.165, 1.54) is 18.2 Å². The molecule has 5 nitrogen and oxygen atoms in total. The Balaban J connectivity index is 1.95. The SMILES string of the molecule is O=C1OC(c2ccccc2)=N/C1=C\c1ccc(O)c(O)c1. The van der Waals surface area contributed by atoms with Gasteiger partial charge in [-0.3, -0.25) is 0 Å². The first-order valence-electron chi connectivity index (χ1n) is 6.23. The number of aliphatic imine (C=N–C) groups is 1. The molecular formula is C16H11NO4. The van der Waals surface area contributed by atoms with Crippen LogP contribution in [0.25, 0.3) is 6.08 Å². The number of esters is 1. The molecule has 0 aromatic heterocycles. The fraction of sp³-hybridized carbons (Fsp3) is 0. The van der Waals surface area contributed by atoms with E-state index in [1.807, 2.05) is 18.2 Å². The molecule has 0 atom stereocenters. The van der Waals surface area contributed by atoms with E-state index in [-0.39, 0.29) is 23.1 Å². The molecule has 1 aliphatic heterocycles. The highest BCUT2D eigenvalue weighted by Crippen LogP contribution is 2.27. The molecule has 1 aliphatic rings. The van der Waals surface area contributed by atoms with Gasteiger partial charge in [0, 0.05) is 5.56 Å². The maximum absolute atomic E-state index is 11.8. The minimum atomic E-state index is -0.554. The standard InChI is InChI=1S/C16H11NO4/c18-13-7-6-10(9-14(13)19)8-12-16(20)21-15(17-12)11-4-2-1-3-5-11/h1-9,18-19H/b12-8-. The van der Waals surface area contributed by atoms with Crippen molar-refractivity contribution in [2.75, 3.05) is 0 Å². The number of benzene rings is 2. The zero-order valence-corrected chi connectivity index (χ0v) is 10.9. The van der Waals surface area contributed by atoms with Gasteiger partial charge in [-0.25, -0.2) is 9.79 Å². The van der Waals surface area contributed by atoms with E-state index in [2.05, 4.69) is 4.99 Å². The molecule has 0 saturated carbocycles. The first-order chi connectivity index (χ1) is 10.1. The molecule has 0 spiro atoms. The fourth-order valence-electron chi connectivity index (χ4n) is 1.90. The summed E-state index contributed by atoms with van der Waals surface area (Å²) in [6, 6.07) is 13.3. The van der Waals surface area contributed by atoms with Crippen molar-refractivity contribution in [3.8, 4) is 11.5 Å². The number of cyclic esters (lactones) is 1. The summed E-state index contributed by atoms with van der Waals surface area (Å²) >= 11 is 0. The molecule has 104 valence electrons. The normalized spacial score (nSPS) is 15.9. The number of phenolic OH excluding ortho intramolecular Hbond substituents is 2. The predicted octanol–water partition coefficient (Wildman–Crippen LogP) is 2.44. The Labute approximate surface area is 120 Å². The molecule has 0 amide bonds. The van der Waals surface area contributed by atoms with E-state index in [0.29, 0.717) is 11.1 Å². The molecule has 3 rings (SSSR count). The van der Waals surface area contributed by atoms with Crippen molar-refractivity contribution < 1.29 is 19.7 Å². The molecule has 2 N–H and O–H groups in total. The van der Waals surface area contributed by atoms with Gasteiger partial charge in [0.2, 0.25) is 5.90 Å². The zero-order chi connectivity index (χ0) is 14.8. The quantitative estimate of drug-likeness (QED) is 0.503. The third-order valence-electron chi connectivity index (χ3n) is 2.94. The van der Waals surface area contributed by atoms with Gasteiger partial charge in [-0.05, 0) is 35.9 Å². The Morgan fingerprint density at radius 3 is 2.48 bits per heavy atom. The van der Waals surface area contributed by atoms with Crippen LogP contribution in [0, 0.1) is 0 Å². The number of nitrogens with zero attached hydrogens (tertiary/aromatic N) is 1. The lowest BCUT2D eigenvalue weighted by Crippen LogP contribution is -2.04. The third-order valence-corrected chi connectivity index (χ3v) is 2.94. The van der Waals surface area contributed by atoms with E-state index in [0.717, 1.165) is 0 Å². The maximum atomic E-state index is 11.8. The molecule has 2 aromatic rings. The average Bonchev–Trinajstić information content (AvgIpc) is 2.85. The van der Waals surface area contributed by atoms with Crippen molar-refractivity contribution in [3.05, 3.63) is 65.4 Å². The van der Waals surface area contributed by atoms with E-state index in [9.17, 15) is 15.0 Å². The molecule has 0 radical (unpaired) electrons. The number of ether oxygens (including phenoxy) is 1. The molecule has 0 aliphatic carbocycles. The van der Waals surface area contributed by atoms with Gasteiger partial charge in [0.05, 0.1) is 0 Å². The lowest BCUT2D eigenvalue weighted by Gasteiger charge is -1.98. The van der Waals surface area contributed by atoms with Crippen LogP contribution in [-0.4, -0.2) is 22.1 Å². The number of carbonyl (C=O) groups excluding carboxylic acids is 1. The van der Waals surface area contributed by atoms with Gasteiger partial charge in [-0.2, -0.15) is 0 Å². The molecule has 0 fully saturated rings. The Hall–Kier alpha value is -3.08. The summed E-state index contributed by atoms with van der Waals surface area (Å²) in [4.78, 5) is 15.9. The summed E-state index contributed by atoms with van der Waals surface area (Å²) in [5.74, 6) is -0.793. The third kappa shape index (κ3) is 2.62. The maximum Gasteiger partial charge on any atom is 0.363 e. The van der Waals surface area contributed by atoms with Gasteiger partial charge in [-0.15, -0.1) is 0 Å². The minimum Gasteiger partial charge on any atom is -0.504 e. The summed E-state index contributed by atoms with van der Waals surface area (Å²) in [6.45, 7) is 0. The van der Waals surface area contributed by atoms with Crippen LogP contribution in [0.3, 0.4) is 0 Å². The Morgan fingerprint density at radius 1 is 1.00 bits per heavy atom. The van der Waals surface area contributed by atoms with Crippen LogP contribution in [0.2, 0.25) is 0 Å². The predicted molar refractivity (Wildman–Crippen MR) is 76.8 cm³/mol. The second-order valence-corrected chi connectivity index (χ2v) is 4.45. The summed E-state index contributed by atoms with van der Waals surface area (Å²) in [5.41, 5.74) is 1.39. The van der Waals surface area contributed by atoms with Crippen LogP contribution in [0.4, 0.5) is 0 Å². The van der Waals surface area contributed by atoms with E-state index in [4.69, 9.17) is 4.74 Å². The number of phenols is 2. The first kappa shape index (κ1) is 12.9. The highest BCUT2D eigenvalue weighted by Gasteiger charge is 2.23. The van der Waals surface area contributed by atoms with Crippen molar-refractivity contribution in [2.45, 2.75) is 0 Å². The van der Waals surface area contributed by atoms with Crippen LogP contribution in [0.5, 0.6) is 11.5 Å². The second kappa shape index (κ2) is 5.13. The number of hydrogen-bond acceptors (Lipinski definition) is 5. The summed E-state index contributed by atoms with van der Waals surface area (Å²) < 4.78 is 5.12. The highest BCUT2D eigenvalue weighted by molar-refractivity contribution is 6.12. The second-order valence-electron chi connectivity index (χ2n) is 4.45. The molecule has 5 heteroatoms. The molecule has 2 aromatic carbocycles. The lowest BCUT2D eigenvalue weighted by atomic mass is 10.1. The first-order valence-corrected chi connectivity index (χ1v) is 6.23. The van der Waals surface area contributed by atoms with Crippen LogP contribution in [0.15, 0.2) is 59.2 Å². The average molecular weight is 281 g/mol. The van der Waals surface area contributed by atoms with Gasteiger partial charge in [0.25, 0.3) is 0 Å². The molecule has 0 saturated heterocycles. The van der Waals surface area contributed by atoms with Crippen LogP contribution < -0.4 is 0 Å². The summed E-state index contributed by atoms with van der Waals surface area (Å²) in [5, 5.41) is 18.7. The number of hydrogen-bond donors (Lipinski definition) is 2. The highest BCUT2D eigenvalue weighted by atomic mass is 16.6. The van der Waals surface area contributed by atoms with E-state index in [1.54, 1.807) is 18.2 Å². The summed E-state index contributed by atoms with van der Waals surface area (Å²) in [6.07, 6.45) is 1.48. The zero-order valence-electron chi connectivity index (χ0n) is 10.9. The molecule has 0 bridgehead atoms. The number of rotatable bonds is 2. The Kier molecular flexibility index (Phi) is 3.16. The smallest absolute Gasteiger partial charge is 0.363 e. The van der Waals surface area contributed by atoms with Crippen LogP contribution in [0.1, 0.15) is 11.1 Å². The fourth-order valence-corrected chi connectivity index (χ4v) is 1.90. The van der Waals surface area contributed by atoms with Crippen LogP contribution in [-0.2, 0) is 9.53 Å². The molecule has 1 heterocycles. The molecule has 21 heavy (non-hydrogen) atoms. The van der Waals surface area contributed by atoms with Crippen molar-refractivity contribution in [1.82, 2.24) is 0 Å². The van der Waals surface area contributed by atoms with E-state index >= 15 is 0 Å². The van der Waals surface area contributed by atoms with Crippen molar-refractivity contribution in [2.24, 2.45) is 4.99 Å². The molecular weight excluding hydrogens is 270 g/mol. The van der Waals surface area contributed by atoms with E-state index < -0.39 is 5.97 Å². The number of aromatic hydroxyl groups is 2. The van der Waals surface area contributed by atoms with Gasteiger partial charge >= 0.3 is 5.97 Å². The summed E-state index contributed by atoms with van der Waals surface area (Å²) in [7, 11) is 0. The van der Waals surface area contributed by atoms with Gasteiger partial charge in [-0.1, -0.05) is 24.3 Å². The Morgan fingerprint density at radius 2 is 1.76 bits per heavy atom.